The van der Waals surface area contributed by atoms with Crippen LogP contribution in [0.1, 0.15) is 29.9 Å². The van der Waals surface area contributed by atoms with Gasteiger partial charge in [-0.2, -0.15) is 5.10 Å². The fraction of sp³-hybridized carbons (Fsp3) is 0.600. The van der Waals surface area contributed by atoms with Crippen molar-refractivity contribution in [3.63, 3.8) is 0 Å². The fourth-order valence-corrected chi connectivity index (χ4v) is 1.21. The number of carboxylic acid groups (broad SMARTS) is 1. The Kier molecular flexibility index (Phi) is 3.85. The molecular formula is C10H16N2O3. The van der Waals surface area contributed by atoms with Crippen molar-refractivity contribution in [1.82, 2.24) is 9.78 Å². The van der Waals surface area contributed by atoms with E-state index in [1.165, 1.54) is 10.9 Å². The first-order valence-electron chi connectivity index (χ1n) is 4.84. The Balaban J connectivity index is 2.63. The van der Waals surface area contributed by atoms with Gasteiger partial charge in [0.2, 0.25) is 0 Å². The first-order valence-corrected chi connectivity index (χ1v) is 4.84. The van der Waals surface area contributed by atoms with Crippen molar-refractivity contribution in [2.75, 3.05) is 6.61 Å². The van der Waals surface area contributed by atoms with Gasteiger partial charge in [-0.3, -0.25) is 4.68 Å². The SMILES string of the molecule is CC(C)COCc1nn(C)cc1C(=O)O. The average Bonchev–Trinajstić information content (AvgIpc) is 2.46. The molecule has 1 rings (SSSR count). The third kappa shape index (κ3) is 3.36. The standard InChI is InChI=1S/C10H16N2O3/c1-7(2)5-15-6-9-8(10(13)14)4-12(3)11-9/h4,7H,5-6H2,1-3H3,(H,13,14). The monoisotopic (exact) mass is 212 g/mol. The van der Waals surface area contributed by atoms with E-state index in [2.05, 4.69) is 5.10 Å². The maximum Gasteiger partial charge on any atom is 0.339 e. The predicted molar refractivity (Wildman–Crippen MR) is 54.7 cm³/mol. The minimum atomic E-state index is -0.966. The molecule has 0 aliphatic rings. The van der Waals surface area contributed by atoms with Crippen LogP contribution in [0.15, 0.2) is 6.20 Å². The smallest absolute Gasteiger partial charge is 0.339 e. The Hall–Kier alpha value is -1.36. The van der Waals surface area contributed by atoms with Crippen LogP contribution in [-0.2, 0) is 18.4 Å². The number of hydrogen-bond donors (Lipinski definition) is 1. The van der Waals surface area contributed by atoms with Crippen LogP contribution in [-0.4, -0.2) is 27.5 Å². The van der Waals surface area contributed by atoms with E-state index in [9.17, 15) is 4.79 Å². The summed E-state index contributed by atoms with van der Waals surface area (Å²) in [5.41, 5.74) is 0.687. The summed E-state index contributed by atoms with van der Waals surface area (Å²) in [6, 6.07) is 0. The summed E-state index contributed by atoms with van der Waals surface area (Å²) in [5.74, 6) is -0.534. The first-order chi connectivity index (χ1) is 7.00. The second kappa shape index (κ2) is 4.93. The lowest BCUT2D eigenvalue weighted by atomic mass is 10.2. The number of aryl methyl sites for hydroxylation is 1. The number of aromatic nitrogens is 2. The van der Waals surface area contributed by atoms with Gasteiger partial charge in [0.1, 0.15) is 11.3 Å². The molecular weight excluding hydrogens is 196 g/mol. The van der Waals surface area contributed by atoms with Crippen LogP contribution in [0.5, 0.6) is 0 Å². The van der Waals surface area contributed by atoms with Crippen molar-refractivity contribution in [1.29, 1.82) is 0 Å². The molecule has 0 aliphatic carbocycles. The van der Waals surface area contributed by atoms with Crippen LogP contribution < -0.4 is 0 Å². The van der Waals surface area contributed by atoms with Crippen molar-refractivity contribution in [2.24, 2.45) is 13.0 Å². The van der Waals surface area contributed by atoms with E-state index < -0.39 is 5.97 Å². The summed E-state index contributed by atoms with van der Waals surface area (Å²) in [7, 11) is 1.69. The topological polar surface area (TPSA) is 64.4 Å². The molecule has 1 aromatic rings. The maximum atomic E-state index is 10.8. The Morgan fingerprint density at radius 1 is 1.67 bits per heavy atom. The van der Waals surface area contributed by atoms with Crippen molar-refractivity contribution in [2.45, 2.75) is 20.5 Å². The van der Waals surface area contributed by atoms with Gasteiger partial charge in [0.15, 0.2) is 0 Å². The predicted octanol–water partition coefficient (Wildman–Crippen LogP) is 1.29. The normalized spacial score (nSPS) is 10.9. The Morgan fingerprint density at radius 2 is 2.33 bits per heavy atom. The lowest BCUT2D eigenvalue weighted by molar-refractivity contribution is 0.0680. The van der Waals surface area contributed by atoms with Crippen LogP contribution in [0.25, 0.3) is 0 Å². The van der Waals surface area contributed by atoms with Gasteiger partial charge in [0, 0.05) is 19.9 Å². The molecule has 0 atom stereocenters. The minimum Gasteiger partial charge on any atom is -0.478 e. The van der Waals surface area contributed by atoms with E-state index >= 15 is 0 Å². The van der Waals surface area contributed by atoms with Crippen LogP contribution in [0.4, 0.5) is 0 Å². The highest BCUT2D eigenvalue weighted by Crippen LogP contribution is 2.08. The number of hydrogen-bond acceptors (Lipinski definition) is 3. The van der Waals surface area contributed by atoms with Crippen LogP contribution >= 0.6 is 0 Å². The second-order valence-corrected chi connectivity index (χ2v) is 3.88. The van der Waals surface area contributed by atoms with Crippen molar-refractivity contribution < 1.29 is 14.6 Å². The number of carboxylic acids is 1. The summed E-state index contributed by atoms with van der Waals surface area (Å²) in [6.07, 6.45) is 1.48. The molecule has 0 aromatic carbocycles. The number of ether oxygens (including phenoxy) is 1. The van der Waals surface area contributed by atoms with E-state index in [0.29, 0.717) is 18.2 Å². The lowest BCUT2D eigenvalue weighted by Gasteiger charge is -2.05. The van der Waals surface area contributed by atoms with Crippen LogP contribution in [0, 0.1) is 5.92 Å². The molecule has 5 nitrogen and oxygen atoms in total. The first kappa shape index (κ1) is 11.7. The summed E-state index contributed by atoms with van der Waals surface area (Å²) >= 11 is 0. The number of nitrogens with zero attached hydrogens (tertiary/aromatic N) is 2. The van der Waals surface area contributed by atoms with Crippen LogP contribution in [0.3, 0.4) is 0 Å². The lowest BCUT2D eigenvalue weighted by Crippen LogP contribution is -2.06. The molecule has 0 fully saturated rings. The van der Waals surface area contributed by atoms with E-state index in [1.54, 1.807) is 7.05 Å². The highest BCUT2D eigenvalue weighted by atomic mass is 16.5. The van der Waals surface area contributed by atoms with Crippen LogP contribution in [0.2, 0.25) is 0 Å². The average molecular weight is 212 g/mol. The molecule has 0 saturated heterocycles. The number of carbonyl (C=O) groups is 1. The van der Waals surface area contributed by atoms with E-state index in [4.69, 9.17) is 9.84 Å². The van der Waals surface area contributed by atoms with Crippen molar-refractivity contribution >= 4 is 5.97 Å². The molecule has 0 unspecified atom stereocenters. The Bertz CT molecular complexity index is 344. The molecule has 0 saturated carbocycles. The van der Waals surface area contributed by atoms with Gasteiger partial charge in [-0.1, -0.05) is 13.8 Å². The zero-order valence-corrected chi connectivity index (χ0v) is 9.23. The van der Waals surface area contributed by atoms with Gasteiger partial charge in [-0.25, -0.2) is 4.79 Å². The molecule has 0 spiro atoms. The maximum absolute atomic E-state index is 10.8. The van der Waals surface area contributed by atoms with Crippen molar-refractivity contribution in [3.8, 4) is 0 Å². The molecule has 0 radical (unpaired) electrons. The third-order valence-electron chi connectivity index (χ3n) is 1.83. The van der Waals surface area contributed by atoms with E-state index in [1.807, 2.05) is 13.8 Å². The molecule has 15 heavy (non-hydrogen) atoms. The highest BCUT2D eigenvalue weighted by molar-refractivity contribution is 5.88. The molecule has 0 amide bonds. The largest absolute Gasteiger partial charge is 0.478 e. The molecule has 84 valence electrons. The van der Waals surface area contributed by atoms with E-state index in [0.717, 1.165) is 0 Å². The summed E-state index contributed by atoms with van der Waals surface area (Å²) in [4.78, 5) is 10.8. The van der Waals surface area contributed by atoms with Gasteiger partial charge >= 0.3 is 5.97 Å². The van der Waals surface area contributed by atoms with Gasteiger partial charge in [-0.05, 0) is 5.92 Å². The fourth-order valence-electron chi connectivity index (χ4n) is 1.21. The van der Waals surface area contributed by atoms with Gasteiger partial charge in [-0.15, -0.1) is 0 Å². The van der Waals surface area contributed by atoms with E-state index in [-0.39, 0.29) is 12.2 Å². The zero-order valence-electron chi connectivity index (χ0n) is 9.23. The van der Waals surface area contributed by atoms with Gasteiger partial charge in [0.25, 0.3) is 0 Å². The van der Waals surface area contributed by atoms with Gasteiger partial charge < -0.3 is 9.84 Å². The Morgan fingerprint density at radius 3 is 2.87 bits per heavy atom. The molecule has 1 aromatic heterocycles. The second-order valence-electron chi connectivity index (χ2n) is 3.88. The molecule has 0 bridgehead atoms. The summed E-state index contributed by atoms with van der Waals surface area (Å²) < 4.78 is 6.83. The highest BCUT2D eigenvalue weighted by Gasteiger charge is 2.14. The molecule has 5 heteroatoms. The van der Waals surface area contributed by atoms with Gasteiger partial charge in [0.05, 0.1) is 6.61 Å². The number of rotatable bonds is 5. The van der Waals surface area contributed by atoms with Crippen molar-refractivity contribution in [3.05, 3.63) is 17.5 Å². The summed E-state index contributed by atoms with van der Waals surface area (Å²) in [5, 5.41) is 12.9. The third-order valence-corrected chi connectivity index (χ3v) is 1.83. The molecule has 0 aliphatic heterocycles. The Labute approximate surface area is 88.7 Å². The summed E-state index contributed by atoms with van der Waals surface area (Å²) in [6.45, 7) is 4.93. The minimum absolute atomic E-state index is 0.209. The molecule has 1 N–H and O–H groups in total. The zero-order chi connectivity index (χ0) is 11.4. The molecule has 1 heterocycles. The number of aromatic carboxylic acids is 1. The quantitative estimate of drug-likeness (QED) is 0.798.